The zero-order chi connectivity index (χ0) is 21.0. The van der Waals surface area contributed by atoms with Crippen molar-refractivity contribution in [3.63, 3.8) is 0 Å². The van der Waals surface area contributed by atoms with E-state index in [1.807, 2.05) is 24.3 Å². The molecule has 0 saturated heterocycles. The third-order valence-electron chi connectivity index (χ3n) is 5.10. The quantitative estimate of drug-likeness (QED) is 0.708. The second-order valence-corrected chi connectivity index (χ2v) is 7.10. The van der Waals surface area contributed by atoms with Gasteiger partial charge >= 0.3 is 0 Å². The Hall–Kier alpha value is -3.67. The maximum atomic E-state index is 12.4. The molecular formula is C23H22N2O4. The van der Waals surface area contributed by atoms with Crippen LogP contribution >= 0.6 is 0 Å². The zero-order valence-electron chi connectivity index (χ0n) is 16.1. The molecule has 0 radical (unpaired) electrons. The minimum atomic E-state index is -1.06. The van der Waals surface area contributed by atoms with Gasteiger partial charge in [-0.1, -0.05) is 42.5 Å². The summed E-state index contributed by atoms with van der Waals surface area (Å²) in [7, 11) is 1.56. The summed E-state index contributed by atoms with van der Waals surface area (Å²) in [6.45, 7) is 0. The Balaban J connectivity index is 2.03. The van der Waals surface area contributed by atoms with Crippen LogP contribution in [0.4, 0.5) is 0 Å². The number of nitrogens with two attached hydrogens (primary N) is 2. The molecule has 0 aliphatic heterocycles. The first-order chi connectivity index (χ1) is 13.9. The molecule has 1 unspecified atom stereocenters. The second kappa shape index (κ2) is 8.14. The molecule has 0 fully saturated rings. The van der Waals surface area contributed by atoms with Crippen molar-refractivity contribution in [1.29, 1.82) is 0 Å². The van der Waals surface area contributed by atoms with Crippen molar-refractivity contribution in [1.82, 2.24) is 0 Å². The van der Waals surface area contributed by atoms with E-state index in [0.29, 0.717) is 16.9 Å². The molecule has 1 atom stereocenters. The van der Waals surface area contributed by atoms with E-state index in [1.54, 1.807) is 43.5 Å². The number of carbonyl (C=O) groups is 3. The SMILES string of the molecule is COc1cc(CC2(C(N)=O)C=CC=C(C(N)=O)C2)cc(-c2cccc(C=O)c2)c1. The molecule has 0 saturated carbocycles. The summed E-state index contributed by atoms with van der Waals surface area (Å²) in [5, 5.41) is 0. The second-order valence-electron chi connectivity index (χ2n) is 7.10. The highest BCUT2D eigenvalue weighted by molar-refractivity contribution is 5.95. The normalized spacial score (nSPS) is 18.0. The summed E-state index contributed by atoms with van der Waals surface area (Å²) in [6.07, 6.45) is 6.17. The Morgan fingerprint density at radius 3 is 2.59 bits per heavy atom. The third-order valence-corrected chi connectivity index (χ3v) is 5.10. The fraction of sp³-hybridized carbons (Fsp3) is 0.174. The van der Waals surface area contributed by atoms with Crippen LogP contribution < -0.4 is 16.2 Å². The molecule has 1 aliphatic carbocycles. The fourth-order valence-electron chi connectivity index (χ4n) is 3.56. The Morgan fingerprint density at radius 1 is 1.14 bits per heavy atom. The number of hydrogen-bond acceptors (Lipinski definition) is 4. The minimum Gasteiger partial charge on any atom is -0.497 e. The van der Waals surface area contributed by atoms with Crippen LogP contribution in [-0.2, 0) is 16.0 Å². The van der Waals surface area contributed by atoms with Gasteiger partial charge in [0.2, 0.25) is 11.8 Å². The summed E-state index contributed by atoms with van der Waals surface area (Å²) in [5.74, 6) is -0.496. The van der Waals surface area contributed by atoms with Gasteiger partial charge in [-0.25, -0.2) is 0 Å². The van der Waals surface area contributed by atoms with Crippen molar-refractivity contribution in [3.8, 4) is 16.9 Å². The summed E-state index contributed by atoms with van der Waals surface area (Å²) in [6, 6.07) is 12.8. The zero-order valence-corrected chi connectivity index (χ0v) is 16.1. The summed E-state index contributed by atoms with van der Waals surface area (Å²) in [4.78, 5) is 35.1. The van der Waals surface area contributed by atoms with Gasteiger partial charge in [-0.05, 0) is 47.7 Å². The number of allylic oxidation sites excluding steroid dienone is 2. The summed E-state index contributed by atoms with van der Waals surface area (Å²) >= 11 is 0. The first kappa shape index (κ1) is 20.1. The molecule has 2 amide bonds. The number of rotatable bonds is 7. The molecule has 4 N–H and O–H groups in total. The lowest BCUT2D eigenvalue weighted by molar-refractivity contribution is -0.125. The third kappa shape index (κ3) is 4.27. The van der Waals surface area contributed by atoms with E-state index in [4.69, 9.17) is 16.2 Å². The van der Waals surface area contributed by atoms with E-state index in [0.717, 1.165) is 23.0 Å². The van der Waals surface area contributed by atoms with E-state index in [2.05, 4.69) is 0 Å². The highest BCUT2D eigenvalue weighted by Gasteiger charge is 2.37. The van der Waals surface area contributed by atoms with Gasteiger partial charge in [0, 0.05) is 11.1 Å². The van der Waals surface area contributed by atoms with Crippen molar-refractivity contribution < 1.29 is 19.1 Å². The molecule has 6 heteroatoms. The first-order valence-electron chi connectivity index (χ1n) is 9.08. The van der Waals surface area contributed by atoms with E-state index >= 15 is 0 Å². The van der Waals surface area contributed by atoms with Gasteiger partial charge in [0.1, 0.15) is 12.0 Å². The van der Waals surface area contributed by atoms with Crippen LogP contribution in [0.3, 0.4) is 0 Å². The number of ether oxygens (including phenoxy) is 1. The number of amides is 2. The maximum Gasteiger partial charge on any atom is 0.244 e. The van der Waals surface area contributed by atoms with Crippen LogP contribution in [0.5, 0.6) is 5.75 Å². The lowest BCUT2D eigenvalue weighted by Crippen LogP contribution is -2.40. The van der Waals surface area contributed by atoms with Crippen LogP contribution in [0.2, 0.25) is 0 Å². The van der Waals surface area contributed by atoms with Crippen LogP contribution in [-0.4, -0.2) is 25.2 Å². The molecule has 0 heterocycles. The number of benzene rings is 2. The average molecular weight is 390 g/mol. The number of carbonyl (C=O) groups excluding carboxylic acids is 3. The van der Waals surface area contributed by atoms with Crippen LogP contribution in [0.1, 0.15) is 22.3 Å². The molecule has 0 spiro atoms. The van der Waals surface area contributed by atoms with Crippen molar-refractivity contribution >= 4 is 18.1 Å². The van der Waals surface area contributed by atoms with Gasteiger partial charge < -0.3 is 16.2 Å². The molecule has 6 nitrogen and oxygen atoms in total. The maximum absolute atomic E-state index is 12.4. The molecular weight excluding hydrogens is 368 g/mol. The number of hydrogen-bond donors (Lipinski definition) is 2. The van der Waals surface area contributed by atoms with Gasteiger partial charge in [-0.15, -0.1) is 0 Å². The van der Waals surface area contributed by atoms with Gasteiger partial charge in [-0.3, -0.25) is 14.4 Å². The van der Waals surface area contributed by atoms with Gasteiger partial charge in [0.25, 0.3) is 0 Å². The molecule has 2 aromatic rings. The van der Waals surface area contributed by atoms with Crippen molar-refractivity contribution in [2.75, 3.05) is 7.11 Å². The molecule has 2 aromatic carbocycles. The van der Waals surface area contributed by atoms with E-state index in [-0.39, 0.29) is 12.8 Å². The molecule has 29 heavy (non-hydrogen) atoms. The number of aldehydes is 1. The van der Waals surface area contributed by atoms with Crippen LogP contribution in [0.15, 0.2) is 66.3 Å². The molecule has 148 valence electrons. The summed E-state index contributed by atoms with van der Waals surface area (Å²) in [5.41, 5.74) is 13.5. The average Bonchev–Trinajstić information content (AvgIpc) is 2.73. The predicted molar refractivity (Wildman–Crippen MR) is 110 cm³/mol. The fourth-order valence-corrected chi connectivity index (χ4v) is 3.56. The lowest BCUT2D eigenvalue weighted by atomic mass is 9.73. The van der Waals surface area contributed by atoms with Gasteiger partial charge in [0.05, 0.1) is 12.5 Å². The highest BCUT2D eigenvalue weighted by atomic mass is 16.5. The van der Waals surface area contributed by atoms with Crippen molar-refractivity contribution in [2.45, 2.75) is 12.8 Å². The minimum absolute atomic E-state index is 0.140. The van der Waals surface area contributed by atoms with Crippen LogP contribution in [0, 0.1) is 5.41 Å². The Labute approximate surface area is 168 Å². The topological polar surface area (TPSA) is 112 Å². The number of methoxy groups -OCH3 is 1. The molecule has 0 bridgehead atoms. The first-order valence-corrected chi connectivity index (χ1v) is 9.08. The Morgan fingerprint density at radius 2 is 1.93 bits per heavy atom. The highest BCUT2D eigenvalue weighted by Crippen LogP contribution is 2.37. The standard InChI is InChI=1S/C23H22N2O4/c1-29-20-10-16(9-19(11-20)17-5-2-4-15(8-17)14-26)12-23(22(25)28)7-3-6-18(13-23)21(24)27/h2-11,14H,12-13H2,1H3,(H2,24,27)(H2,25,28). The van der Waals surface area contributed by atoms with Gasteiger partial charge in [-0.2, -0.15) is 0 Å². The summed E-state index contributed by atoms with van der Waals surface area (Å²) < 4.78 is 5.43. The Bertz CT molecular complexity index is 1040. The van der Waals surface area contributed by atoms with Gasteiger partial charge in [0.15, 0.2) is 0 Å². The lowest BCUT2D eigenvalue weighted by Gasteiger charge is -2.30. The monoisotopic (exact) mass is 390 g/mol. The molecule has 3 rings (SSSR count). The smallest absolute Gasteiger partial charge is 0.244 e. The number of primary amides is 2. The predicted octanol–water partition coefficient (Wildman–Crippen LogP) is 2.56. The molecule has 0 aromatic heterocycles. The van der Waals surface area contributed by atoms with Crippen molar-refractivity contribution in [3.05, 3.63) is 77.4 Å². The largest absolute Gasteiger partial charge is 0.497 e. The molecule has 1 aliphatic rings. The Kier molecular flexibility index (Phi) is 5.64. The van der Waals surface area contributed by atoms with Crippen LogP contribution in [0.25, 0.3) is 11.1 Å². The van der Waals surface area contributed by atoms with E-state index in [9.17, 15) is 14.4 Å². The van der Waals surface area contributed by atoms with E-state index < -0.39 is 17.2 Å². The van der Waals surface area contributed by atoms with E-state index in [1.165, 1.54) is 0 Å². The van der Waals surface area contributed by atoms with Crippen molar-refractivity contribution in [2.24, 2.45) is 16.9 Å².